The van der Waals surface area contributed by atoms with Gasteiger partial charge < -0.3 is 9.42 Å². The molecule has 2 fully saturated rings. The largest absolute Gasteiger partial charge is 0.337 e. The number of nitrogens with zero attached hydrogens (tertiary/aromatic N) is 4. The predicted octanol–water partition coefficient (Wildman–Crippen LogP) is 5.67. The van der Waals surface area contributed by atoms with Gasteiger partial charge in [0.2, 0.25) is 17.6 Å². The van der Waals surface area contributed by atoms with Crippen LogP contribution in [0.3, 0.4) is 0 Å². The Kier molecular flexibility index (Phi) is 5.85. The molecule has 3 amide bonds. The van der Waals surface area contributed by atoms with Gasteiger partial charge in [-0.1, -0.05) is 35.7 Å². The summed E-state index contributed by atoms with van der Waals surface area (Å²) in [7, 11) is 0. The van der Waals surface area contributed by atoms with Gasteiger partial charge >= 0.3 is 6.03 Å². The molecule has 0 radical (unpaired) electrons. The Labute approximate surface area is 201 Å². The van der Waals surface area contributed by atoms with E-state index in [1.165, 1.54) is 23.1 Å². The second-order valence-electron chi connectivity index (χ2n) is 8.95. The van der Waals surface area contributed by atoms with Gasteiger partial charge in [-0.15, -0.1) is 0 Å². The Balaban J connectivity index is 1.46. The molecule has 5 rings (SSSR count). The molecule has 34 heavy (non-hydrogen) atoms. The lowest BCUT2D eigenvalue weighted by Gasteiger charge is -2.46. The van der Waals surface area contributed by atoms with Crippen molar-refractivity contribution in [3.05, 3.63) is 64.3 Å². The summed E-state index contributed by atoms with van der Waals surface area (Å²) in [5.74, 6) is -0.466. The van der Waals surface area contributed by atoms with Crippen LogP contribution in [0.1, 0.15) is 42.7 Å². The topological polar surface area (TPSA) is 79.5 Å². The first-order valence-electron chi connectivity index (χ1n) is 11.3. The Morgan fingerprint density at radius 2 is 1.88 bits per heavy atom. The molecular formula is C25H24ClFN4O3. The lowest BCUT2D eigenvalue weighted by atomic mass is 9.81. The third-order valence-corrected chi connectivity index (χ3v) is 7.09. The summed E-state index contributed by atoms with van der Waals surface area (Å²) in [6.07, 6.45) is 3.38. The van der Waals surface area contributed by atoms with Gasteiger partial charge in [-0.05, 0) is 68.1 Å². The second kappa shape index (κ2) is 8.83. The number of anilines is 1. The van der Waals surface area contributed by atoms with Gasteiger partial charge in [0, 0.05) is 11.6 Å². The third-order valence-electron chi connectivity index (χ3n) is 6.80. The zero-order chi connectivity index (χ0) is 24.0. The van der Waals surface area contributed by atoms with Crippen molar-refractivity contribution in [1.29, 1.82) is 0 Å². The molecule has 2 unspecified atom stereocenters. The van der Waals surface area contributed by atoms with Crippen LogP contribution < -0.4 is 4.90 Å². The van der Waals surface area contributed by atoms with Gasteiger partial charge in [-0.3, -0.25) is 4.79 Å². The number of rotatable bonds is 4. The number of urea groups is 1. The number of hydrogen-bond donors (Lipinski definition) is 0. The number of aryl methyl sites for hydroxylation is 2. The molecule has 0 N–H and O–H groups in total. The van der Waals surface area contributed by atoms with E-state index in [4.69, 9.17) is 16.1 Å². The zero-order valence-electron chi connectivity index (χ0n) is 18.9. The molecule has 1 aromatic heterocycles. The van der Waals surface area contributed by atoms with Crippen LogP contribution in [-0.2, 0) is 11.3 Å². The number of carbonyl (C=O) groups is 2. The molecule has 2 heterocycles. The van der Waals surface area contributed by atoms with Crippen LogP contribution in [0.25, 0.3) is 11.4 Å². The fraction of sp³-hybridized carbons (Fsp3) is 0.360. The van der Waals surface area contributed by atoms with Crippen LogP contribution in [0.15, 0.2) is 40.9 Å². The lowest BCUT2D eigenvalue weighted by Crippen LogP contribution is -2.62. The minimum Gasteiger partial charge on any atom is -0.337 e. The molecule has 2 aromatic carbocycles. The first kappa shape index (κ1) is 22.5. The smallest absolute Gasteiger partial charge is 0.332 e. The van der Waals surface area contributed by atoms with Crippen LogP contribution in [0.5, 0.6) is 0 Å². The molecule has 0 spiro atoms. The highest BCUT2D eigenvalue weighted by molar-refractivity contribution is 6.31. The first-order valence-corrected chi connectivity index (χ1v) is 11.7. The normalized spacial score (nSPS) is 20.6. The number of amides is 3. The summed E-state index contributed by atoms with van der Waals surface area (Å²) in [6, 6.07) is 9.17. The van der Waals surface area contributed by atoms with E-state index in [0.29, 0.717) is 11.3 Å². The number of fused-ring (bicyclic) bond motifs is 1. The molecule has 176 valence electrons. The van der Waals surface area contributed by atoms with Gasteiger partial charge in [-0.25, -0.2) is 14.1 Å². The Morgan fingerprint density at radius 1 is 1.09 bits per heavy atom. The highest BCUT2D eigenvalue weighted by Crippen LogP contribution is 2.37. The van der Waals surface area contributed by atoms with Gasteiger partial charge in [0.05, 0.1) is 16.6 Å². The molecule has 1 saturated carbocycles. The fourth-order valence-corrected chi connectivity index (χ4v) is 4.99. The van der Waals surface area contributed by atoms with E-state index < -0.39 is 5.82 Å². The van der Waals surface area contributed by atoms with Crippen LogP contribution in [0.2, 0.25) is 5.02 Å². The number of imide groups is 1. The van der Waals surface area contributed by atoms with E-state index in [-0.39, 0.29) is 47.2 Å². The molecular weight excluding hydrogens is 459 g/mol. The fourth-order valence-electron chi connectivity index (χ4n) is 4.81. The van der Waals surface area contributed by atoms with E-state index in [0.717, 1.165) is 36.8 Å². The van der Waals surface area contributed by atoms with Crippen molar-refractivity contribution in [2.75, 3.05) is 4.90 Å². The van der Waals surface area contributed by atoms with E-state index in [1.807, 2.05) is 32.0 Å². The summed E-state index contributed by atoms with van der Waals surface area (Å²) in [4.78, 5) is 34.4. The molecule has 7 nitrogen and oxygen atoms in total. The van der Waals surface area contributed by atoms with Crippen molar-refractivity contribution in [2.45, 2.75) is 52.1 Å². The van der Waals surface area contributed by atoms with Gasteiger partial charge in [0.25, 0.3) is 0 Å². The quantitative estimate of drug-likeness (QED) is 0.478. The molecule has 3 aromatic rings. The van der Waals surface area contributed by atoms with Gasteiger partial charge in [0.15, 0.2) is 0 Å². The molecule has 9 heteroatoms. The van der Waals surface area contributed by atoms with Gasteiger partial charge in [-0.2, -0.15) is 4.98 Å². The number of halogens is 2. The van der Waals surface area contributed by atoms with Crippen molar-refractivity contribution in [1.82, 2.24) is 15.0 Å². The van der Waals surface area contributed by atoms with Crippen LogP contribution in [0, 0.1) is 25.6 Å². The molecule has 2 aliphatic rings. The third kappa shape index (κ3) is 3.96. The predicted molar refractivity (Wildman–Crippen MR) is 125 cm³/mol. The molecule has 0 bridgehead atoms. The summed E-state index contributed by atoms with van der Waals surface area (Å²) >= 11 is 5.88. The Hall–Kier alpha value is -3.26. The van der Waals surface area contributed by atoms with Crippen molar-refractivity contribution >= 4 is 29.2 Å². The lowest BCUT2D eigenvalue weighted by molar-refractivity contribution is -0.127. The van der Waals surface area contributed by atoms with Crippen molar-refractivity contribution < 1.29 is 18.5 Å². The Morgan fingerprint density at radius 3 is 2.65 bits per heavy atom. The van der Waals surface area contributed by atoms with E-state index >= 15 is 0 Å². The van der Waals surface area contributed by atoms with Crippen molar-refractivity contribution in [2.24, 2.45) is 5.92 Å². The average Bonchev–Trinajstić information content (AvgIpc) is 3.29. The van der Waals surface area contributed by atoms with E-state index in [9.17, 15) is 14.0 Å². The highest BCUT2D eigenvalue weighted by Gasteiger charge is 2.48. The maximum absolute atomic E-state index is 13.6. The first-order chi connectivity index (χ1) is 16.3. The highest BCUT2D eigenvalue weighted by atomic mass is 35.5. The van der Waals surface area contributed by atoms with E-state index in [2.05, 4.69) is 10.1 Å². The zero-order valence-corrected chi connectivity index (χ0v) is 19.7. The Bertz CT molecular complexity index is 1280. The SMILES string of the molecule is Cc1ccc(N2C(=O)C3CCCCC3N(Cc3nc(-c4ccc(F)c(Cl)c4)no3)C2=O)cc1C. The maximum atomic E-state index is 13.6. The van der Waals surface area contributed by atoms with Crippen LogP contribution in [-0.4, -0.2) is 33.0 Å². The minimum absolute atomic E-state index is 0.0392. The number of aromatic nitrogens is 2. The van der Waals surface area contributed by atoms with Crippen LogP contribution in [0.4, 0.5) is 14.9 Å². The van der Waals surface area contributed by atoms with Gasteiger partial charge in [0.1, 0.15) is 12.4 Å². The summed E-state index contributed by atoms with van der Waals surface area (Å²) in [5.41, 5.74) is 3.18. The average molecular weight is 483 g/mol. The molecule has 2 atom stereocenters. The summed E-state index contributed by atoms with van der Waals surface area (Å²) in [5, 5.41) is 3.94. The van der Waals surface area contributed by atoms with Crippen molar-refractivity contribution in [3.63, 3.8) is 0 Å². The monoisotopic (exact) mass is 482 g/mol. The number of carbonyl (C=O) groups excluding carboxylic acids is 2. The number of hydrogen-bond acceptors (Lipinski definition) is 5. The minimum atomic E-state index is -0.535. The summed E-state index contributed by atoms with van der Waals surface area (Å²) in [6.45, 7) is 4.03. The standard InChI is InChI=1S/C25H24ClFN4O3/c1-14-7-9-17(11-15(14)2)31-24(32)18-5-3-4-6-21(18)30(25(31)33)13-22-28-23(29-34-22)16-8-10-20(27)19(26)12-16/h7-12,18,21H,3-6,13H2,1-2H3. The molecule has 1 saturated heterocycles. The molecule has 1 aliphatic heterocycles. The second-order valence-corrected chi connectivity index (χ2v) is 9.36. The molecule has 1 aliphatic carbocycles. The maximum Gasteiger partial charge on any atom is 0.332 e. The van der Waals surface area contributed by atoms with E-state index in [1.54, 1.807) is 4.90 Å². The van der Waals surface area contributed by atoms with Crippen molar-refractivity contribution in [3.8, 4) is 11.4 Å². The number of benzene rings is 2. The summed E-state index contributed by atoms with van der Waals surface area (Å²) < 4.78 is 18.9. The van der Waals surface area contributed by atoms with Crippen LogP contribution >= 0.6 is 11.6 Å².